The smallest absolute Gasteiger partial charge is 0.141 e. The maximum absolute atomic E-state index is 12.2. The Bertz CT molecular complexity index is 226. The summed E-state index contributed by atoms with van der Waals surface area (Å²) >= 11 is 0. The third-order valence-corrected chi connectivity index (χ3v) is 6.42. The van der Waals surface area contributed by atoms with Crippen LogP contribution in [0.1, 0.15) is 26.2 Å². The van der Waals surface area contributed by atoms with Crippen LogP contribution in [0.3, 0.4) is 0 Å². The fourth-order valence-corrected chi connectivity index (χ4v) is 4.59. The lowest BCUT2D eigenvalue weighted by atomic mass is 9.83. The Morgan fingerprint density at radius 1 is 1.50 bits per heavy atom. The fraction of sp³-hybridized carbons (Fsp3) is 0.909. The van der Waals surface area contributed by atoms with Crippen molar-refractivity contribution >= 4 is 13.9 Å². The molecule has 0 unspecified atom stereocenters. The first-order valence-corrected chi connectivity index (χ1v) is 9.10. The van der Waals surface area contributed by atoms with Crippen molar-refractivity contribution in [1.82, 2.24) is 0 Å². The third kappa shape index (κ3) is 1.80. The highest BCUT2D eigenvalue weighted by Crippen LogP contribution is 2.47. The zero-order valence-corrected chi connectivity index (χ0v) is 10.8. The summed E-state index contributed by atoms with van der Waals surface area (Å²) in [6.45, 7) is 8.81. The number of rotatable bonds is 3. The van der Waals surface area contributed by atoms with Crippen molar-refractivity contribution in [3.63, 3.8) is 0 Å². The van der Waals surface area contributed by atoms with Gasteiger partial charge in [0, 0.05) is 5.54 Å². The van der Waals surface area contributed by atoms with Gasteiger partial charge in [0.1, 0.15) is 5.78 Å². The molecule has 2 nitrogen and oxygen atoms in total. The molecule has 3 heteroatoms. The van der Waals surface area contributed by atoms with Crippen molar-refractivity contribution in [3.05, 3.63) is 0 Å². The quantitative estimate of drug-likeness (QED) is 0.733. The van der Waals surface area contributed by atoms with Gasteiger partial charge in [0.2, 0.25) is 0 Å². The van der Waals surface area contributed by atoms with Crippen LogP contribution in [0.5, 0.6) is 0 Å². The van der Waals surface area contributed by atoms with Gasteiger partial charge in [0.05, 0.1) is 20.1 Å². The van der Waals surface area contributed by atoms with E-state index in [2.05, 4.69) is 19.6 Å². The molecule has 0 heterocycles. The van der Waals surface area contributed by atoms with Crippen molar-refractivity contribution in [2.45, 2.75) is 51.4 Å². The number of aliphatic hydroxyl groups excluding tert-OH is 1. The van der Waals surface area contributed by atoms with E-state index in [1.54, 1.807) is 0 Å². The lowest BCUT2D eigenvalue weighted by molar-refractivity contribution is -0.128. The van der Waals surface area contributed by atoms with E-state index in [0.29, 0.717) is 5.78 Å². The molecule has 0 aromatic rings. The normalized spacial score (nSPS) is 33.8. The lowest BCUT2D eigenvalue weighted by Crippen LogP contribution is -2.37. The fourth-order valence-electron chi connectivity index (χ4n) is 2.49. The van der Waals surface area contributed by atoms with Crippen LogP contribution in [0, 0.1) is 5.41 Å². The highest BCUT2D eigenvalue weighted by Gasteiger charge is 2.49. The summed E-state index contributed by atoms with van der Waals surface area (Å²) < 4.78 is 0. The van der Waals surface area contributed by atoms with Gasteiger partial charge in [-0.1, -0.05) is 26.6 Å². The Balaban J connectivity index is 2.88. The van der Waals surface area contributed by atoms with E-state index in [-0.39, 0.29) is 17.6 Å². The standard InChI is InChI=1S/C11H22O2Si/c1-5-11(8-12)7-6-9(10(11)13)14(2,3)4/h9,12H,5-8H2,1-4H3/t9-,11-/m0/s1. The molecule has 0 aliphatic heterocycles. The molecule has 0 saturated heterocycles. The number of Topliss-reactive ketones (excluding diaryl/α,β-unsaturated/α-hetero) is 1. The van der Waals surface area contributed by atoms with Crippen LogP contribution in [-0.4, -0.2) is 25.6 Å². The van der Waals surface area contributed by atoms with E-state index in [4.69, 9.17) is 0 Å². The largest absolute Gasteiger partial charge is 0.395 e. The Morgan fingerprint density at radius 3 is 2.29 bits per heavy atom. The van der Waals surface area contributed by atoms with Gasteiger partial charge in [-0.05, 0) is 19.3 Å². The first-order valence-electron chi connectivity index (χ1n) is 5.52. The molecule has 1 saturated carbocycles. The highest BCUT2D eigenvalue weighted by molar-refractivity contribution is 6.80. The average molecular weight is 214 g/mol. The van der Waals surface area contributed by atoms with Crippen molar-refractivity contribution in [2.75, 3.05) is 6.61 Å². The van der Waals surface area contributed by atoms with Crippen LogP contribution in [0.2, 0.25) is 25.2 Å². The molecule has 0 amide bonds. The van der Waals surface area contributed by atoms with Gasteiger partial charge >= 0.3 is 0 Å². The van der Waals surface area contributed by atoms with E-state index in [1.807, 2.05) is 6.92 Å². The maximum Gasteiger partial charge on any atom is 0.141 e. The van der Waals surface area contributed by atoms with Gasteiger partial charge in [-0.2, -0.15) is 0 Å². The highest BCUT2D eigenvalue weighted by atomic mass is 28.3. The third-order valence-electron chi connectivity index (χ3n) is 3.78. The van der Waals surface area contributed by atoms with Gasteiger partial charge in [-0.25, -0.2) is 0 Å². The zero-order chi connectivity index (χ0) is 11.0. The van der Waals surface area contributed by atoms with Crippen LogP contribution < -0.4 is 0 Å². The molecular weight excluding hydrogens is 192 g/mol. The number of carbonyl (C=O) groups is 1. The molecule has 0 aromatic heterocycles. The summed E-state index contributed by atoms with van der Waals surface area (Å²) in [5, 5.41) is 9.37. The zero-order valence-electron chi connectivity index (χ0n) is 9.76. The minimum absolute atomic E-state index is 0.0450. The van der Waals surface area contributed by atoms with Gasteiger partial charge < -0.3 is 5.11 Å². The molecule has 14 heavy (non-hydrogen) atoms. The SMILES string of the molecule is CC[C@@]1(CO)CC[C@H]([Si](C)(C)C)C1=O. The molecule has 0 radical (unpaired) electrons. The Morgan fingerprint density at radius 2 is 2.07 bits per heavy atom. The maximum atomic E-state index is 12.2. The number of carbonyl (C=O) groups excluding carboxylic acids is 1. The second-order valence-corrected chi connectivity index (χ2v) is 11.0. The molecule has 82 valence electrons. The molecule has 0 aromatic carbocycles. The van der Waals surface area contributed by atoms with Crippen LogP contribution in [0.4, 0.5) is 0 Å². The lowest BCUT2D eigenvalue weighted by Gasteiger charge is -2.27. The molecule has 1 aliphatic carbocycles. The summed E-state index contributed by atoms with van der Waals surface area (Å²) in [7, 11) is -1.37. The summed E-state index contributed by atoms with van der Waals surface area (Å²) in [6, 6.07) is 0. The van der Waals surface area contributed by atoms with Gasteiger partial charge in [0.15, 0.2) is 0 Å². The first-order chi connectivity index (χ1) is 6.37. The van der Waals surface area contributed by atoms with Gasteiger partial charge in [0.25, 0.3) is 0 Å². The Hall–Kier alpha value is -0.153. The number of hydrogen-bond acceptors (Lipinski definition) is 2. The van der Waals surface area contributed by atoms with E-state index < -0.39 is 8.07 Å². The van der Waals surface area contributed by atoms with Gasteiger partial charge in [-0.15, -0.1) is 0 Å². The minimum Gasteiger partial charge on any atom is -0.395 e. The molecule has 0 spiro atoms. The van der Waals surface area contributed by atoms with E-state index in [0.717, 1.165) is 19.3 Å². The summed E-state index contributed by atoms with van der Waals surface area (Å²) in [5.74, 6) is 0.349. The monoisotopic (exact) mass is 214 g/mol. The minimum atomic E-state index is -1.37. The van der Waals surface area contributed by atoms with Crippen LogP contribution in [-0.2, 0) is 4.79 Å². The van der Waals surface area contributed by atoms with Crippen molar-refractivity contribution in [1.29, 1.82) is 0 Å². The Labute approximate surface area is 87.7 Å². The predicted molar refractivity (Wildman–Crippen MR) is 61.1 cm³/mol. The van der Waals surface area contributed by atoms with Gasteiger partial charge in [-0.3, -0.25) is 4.79 Å². The molecular formula is C11H22O2Si. The summed E-state index contributed by atoms with van der Waals surface area (Å²) in [4.78, 5) is 12.2. The van der Waals surface area contributed by atoms with Crippen LogP contribution in [0.25, 0.3) is 0 Å². The van der Waals surface area contributed by atoms with Crippen molar-refractivity contribution in [3.8, 4) is 0 Å². The number of aliphatic hydroxyl groups is 1. The van der Waals surface area contributed by atoms with E-state index in [9.17, 15) is 9.90 Å². The summed E-state index contributed by atoms with van der Waals surface area (Å²) in [5.41, 5.74) is -0.111. The molecule has 1 fully saturated rings. The van der Waals surface area contributed by atoms with Crippen molar-refractivity contribution in [2.24, 2.45) is 5.41 Å². The van der Waals surface area contributed by atoms with Crippen LogP contribution >= 0.6 is 0 Å². The van der Waals surface area contributed by atoms with Crippen LogP contribution in [0.15, 0.2) is 0 Å². The topological polar surface area (TPSA) is 37.3 Å². The summed E-state index contributed by atoms with van der Waals surface area (Å²) in [6.07, 6.45) is 2.69. The average Bonchev–Trinajstić information content (AvgIpc) is 2.42. The molecule has 1 N–H and O–H groups in total. The second kappa shape index (κ2) is 3.78. The molecule has 1 rings (SSSR count). The van der Waals surface area contributed by atoms with E-state index >= 15 is 0 Å². The molecule has 0 bridgehead atoms. The molecule has 2 atom stereocenters. The number of ketones is 1. The van der Waals surface area contributed by atoms with Crippen molar-refractivity contribution < 1.29 is 9.90 Å². The predicted octanol–water partition coefficient (Wildman–Crippen LogP) is 2.45. The Kier molecular flexibility index (Phi) is 3.22. The second-order valence-electron chi connectivity index (χ2n) is 5.61. The number of hydrogen-bond donors (Lipinski definition) is 1. The molecule has 1 aliphatic rings. The first kappa shape index (κ1) is 11.9. The van der Waals surface area contributed by atoms with E-state index in [1.165, 1.54) is 0 Å².